The van der Waals surface area contributed by atoms with Crippen LogP contribution in [0.5, 0.6) is 0 Å². The van der Waals surface area contributed by atoms with E-state index in [-0.39, 0.29) is 5.70 Å². The van der Waals surface area contributed by atoms with E-state index in [1.165, 1.54) is 6.20 Å². The Balaban J connectivity index is 0.000000225. The molecule has 0 atom stereocenters. The second kappa shape index (κ2) is 11.8. The zero-order valence-corrected chi connectivity index (χ0v) is 17.8. The monoisotopic (exact) mass is 466 g/mol. The van der Waals surface area contributed by atoms with Crippen molar-refractivity contribution in [3.8, 4) is 0 Å². The zero-order chi connectivity index (χ0) is 22.8. The number of nitrogens with zero attached hydrogens (tertiary/aromatic N) is 4. The summed E-state index contributed by atoms with van der Waals surface area (Å²) in [6, 6.07) is 7.21. The summed E-state index contributed by atoms with van der Waals surface area (Å²) >= 11 is 11.2. The fourth-order valence-corrected chi connectivity index (χ4v) is 2.63. The van der Waals surface area contributed by atoms with Crippen molar-refractivity contribution in [1.29, 1.82) is 0 Å². The molecule has 0 aromatic carbocycles. The maximum atomic E-state index is 10.5. The Morgan fingerprint density at radius 3 is 1.94 bits per heavy atom. The predicted octanol–water partition coefficient (Wildman–Crippen LogP) is 3.50. The van der Waals surface area contributed by atoms with Gasteiger partial charge in [0.1, 0.15) is 10.3 Å². The van der Waals surface area contributed by atoms with Crippen LogP contribution >= 0.6 is 23.2 Å². The molecule has 0 bridgehead atoms. The van der Waals surface area contributed by atoms with Crippen LogP contribution in [0.4, 0.5) is 0 Å². The van der Waals surface area contributed by atoms with Crippen molar-refractivity contribution in [2.45, 2.75) is 31.7 Å². The van der Waals surface area contributed by atoms with E-state index in [1.54, 1.807) is 24.4 Å². The van der Waals surface area contributed by atoms with Crippen LogP contribution in [0.2, 0.25) is 10.3 Å². The molecule has 1 aliphatic rings. The Bertz CT molecular complexity index is 960. The lowest BCUT2D eigenvalue weighted by Gasteiger charge is -2.07. The quantitative estimate of drug-likeness (QED) is 0.340. The smallest absolute Gasteiger partial charge is 0.253 e. The molecule has 2 aromatic rings. The van der Waals surface area contributed by atoms with Gasteiger partial charge in [0.2, 0.25) is 0 Å². The van der Waals surface area contributed by atoms with Gasteiger partial charge in [-0.2, -0.15) is 0 Å². The van der Waals surface area contributed by atoms with Crippen molar-refractivity contribution in [3.05, 3.63) is 102 Å². The molecule has 0 radical (unpaired) electrons. The van der Waals surface area contributed by atoms with Crippen molar-refractivity contribution in [2.75, 3.05) is 0 Å². The Labute approximate surface area is 188 Å². The van der Waals surface area contributed by atoms with Gasteiger partial charge in [0.25, 0.3) is 12.4 Å². The van der Waals surface area contributed by atoms with E-state index in [0.29, 0.717) is 34.9 Å². The first-order valence-corrected chi connectivity index (χ1v) is 9.88. The molecule has 1 saturated carbocycles. The van der Waals surface area contributed by atoms with Gasteiger partial charge in [-0.15, -0.1) is 0 Å². The van der Waals surface area contributed by atoms with Gasteiger partial charge in [-0.05, 0) is 36.1 Å². The normalized spacial score (nSPS) is 13.7. The molecule has 0 aliphatic heterocycles. The maximum absolute atomic E-state index is 10.5. The second-order valence-electron chi connectivity index (χ2n) is 6.68. The van der Waals surface area contributed by atoms with E-state index >= 15 is 0 Å². The molecule has 3 rings (SSSR count). The summed E-state index contributed by atoms with van der Waals surface area (Å²) in [7, 11) is 0. The minimum absolute atomic E-state index is 0.180. The number of hydrogen-bond acceptors (Lipinski definition) is 8. The molecular formula is C19H20Cl2N6O4. The molecule has 164 valence electrons. The summed E-state index contributed by atoms with van der Waals surface area (Å²) in [5, 5.41) is 24.5. The van der Waals surface area contributed by atoms with Crippen molar-refractivity contribution in [2.24, 2.45) is 5.73 Å². The standard InChI is InChI=1S/C11H12ClN3O2.C8H8ClN3O2/c12-11-4-1-8(6-13-11)5-10(7-15(16)17)14-9-2-3-9;9-8-2-1-6(4-11-8)3-7(10)5-12(13)14/h1,4,6-7,9,14H,2-3,5H2;1-2,4-5H,3,10H2/b10-7-;7-5-. The van der Waals surface area contributed by atoms with Crippen LogP contribution in [0.1, 0.15) is 24.0 Å². The summed E-state index contributed by atoms with van der Waals surface area (Å²) in [6.45, 7) is 0. The lowest BCUT2D eigenvalue weighted by Crippen LogP contribution is -2.18. The summed E-state index contributed by atoms with van der Waals surface area (Å²) in [5.41, 5.74) is 7.88. The highest BCUT2D eigenvalue weighted by Gasteiger charge is 2.22. The molecule has 12 heteroatoms. The van der Waals surface area contributed by atoms with Gasteiger partial charge in [0.05, 0.1) is 21.2 Å². The van der Waals surface area contributed by atoms with Crippen LogP contribution in [0, 0.1) is 20.2 Å². The lowest BCUT2D eigenvalue weighted by molar-refractivity contribution is -0.403. The Morgan fingerprint density at radius 2 is 1.52 bits per heavy atom. The summed E-state index contributed by atoms with van der Waals surface area (Å²) in [6.07, 6.45) is 7.88. The summed E-state index contributed by atoms with van der Waals surface area (Å²) in [5.74, 6) is 0. The highest BCUT2D eigenvalue weighted by Crippen LogP contribution is 2.21. The van der Waals surface area contributed by atoms with Crippen molar-refractivity contribution >= 4 is 23.2 Å². The maximum Gasteiger partial charge on any atom is 0.253 e. The first-order chi connectivity index (χ1) is 14.7. The highest BCUT2D eigenvalue weighted by molar-refractivity contribution is 6.29. The molecule has 10 nitrogen and oxygen atoms in total. The number of nitrogens with two attached hydrogens (primary N) is 1. The summed E-state index contributed by atoms with van der Waals surface area (Å²) < 4.78 is 0. The second-order valence-corrected chi connectivity index (χ2v) is 7.45. The zero-order valence-electron chi connectivity index (χ0n) is 16.3. The molecule has 0 unspecified atom stereocenters. The van der Waals surface area contributed by atoms with E-state index in [4.69, 9.17) is 28.9 Å². The molecule has 2 aromatic heterocycles. The number of aromatic nitrogens is 2. The first-order valence-electron chi connectivity index (χ1n) is 9.12. The van der Waals surface area contributed by atoms with Crippen molar-refractivity contribution < 1.29 is 9.85 Å². The van der Waals surface area contributed by atoms with Crippen LogP contribution in [0.25, 0.3) is 0 Å². The number of pyridine rings is 2. The number of allylic oxidation sites excluding steroid dienone is 2. The Kier molecular flexibility index (Phi) is 9.16. The number of nitro groups is 2. The average molecular weight is 467 g/mol. The largest absolute Gasteiger partial charge is 0.397 e. The van der Waals surface area contributed by atoms with Crippen molar-refractivity contribution in [3.63, 3.8) is 0 Å². The minimum atomic E-state index is -0.585. The third-order valence-corrected chi connectivity index (χ3v) is 4.33. The molecule has 0 amide bonds. The number of hydrogen-bond donors (Lipinski definition) is 2. The van der Waals surface area contributed by atoms with Gasteiger partial charge in [-0.3, -0.25) is 20.2 Å². The number of nitrogens with one attached hydrogen (secondary N) is 1. The molecule has 1 aliphatic carbocycles. The van der Waals surface area contributed by atoms with Crippen LogP contribution in [0.15, 0.2) is 60.5 Å². The van der Waals surface area contributed by atoms with E-state index in [1.807, 2.05) is 6.07 Å². The van der Waals surface area contributed by atoms with E-state index < -0.39 is 9.85 Å². The molecule has 1 fully saturated rings. The fourth-order valence-electron chi connectivity index (χ4n) is 2.41. The highest BCUT2D eigenvalue weighted by atomic mass is 35.5. The Hall–Kier alpha value is -3.24. The SMILES string of the molecule is N/C(=C\[N+](=O)[O-])Cc1ccc(Cl)nc1.O=[N+]([O-])/C=C(/Cc1ccc(Cl)nc1)NC1CC1. The predicted molar refractivity (Wildman–Crippen MR) is 116 cm³/mol. The third kappa shape index (κ3) is 10.4. The molecule has 0 saturated heterocycles. The van der Waals surface area contributed by atoms with Crippen LogP contribution < -0.4 is 11.1 Å². The van der Waals surface area contributed by atoms with Crippen LogP contribution in [0.3, 0.4) is 0 Å². The fraction of sp³-hybridized carbons (Fsp3) is 0.263. The van der Waals surface area contributed by atoms with Gasteiger partial charge >= 0.3 is 0 Å². The molecule has 2 heterocycles. The number of rotatable bonds is 8. The average Bonchev–Trinajstić information content (AvgIpc) is 3.49. The lowest BCUT2D eigenvalue weighted by atomic mass is 10.1. The molecular weight excluding hydrogens is 447 g/mol. The van der Waals surface area contributed by atoms with Gasteiger partial charge in [-0.1, -0.05) is 35.3 Å². The van der Waals surface area contributed by atoms with Crippen molar-refractivity contribution in [1.82, 2.24) is 15.3 Å². The van der Waals surface area contributed by atoms with Gasteiger partial charge in [0.15, 0.2) is 0 Å². The third-order valence-electron chi connectivity index (χ3n) is 3.88. The van der Waals surface area contributed by atoms with E-state index in [2.05, 4.69) is 15.3 Å². The molecule has 3 N–H and O–H groups in total. The van der Waals surface area contributed by atoms with Crippen LogP contribution in [-0.2, 0) is 12.8 Å². The number of halogens is 2. The van der Waals surface area contributed by atoms with E-state index in [9.17, 15) is 20.2 Å². The first kappa shape index (κ1) is 24.0. The topological polar surface area (TPSA) is 150 Å². The van der Waals surface area contributed by atoms with E-state index in [0.717, 1.165) is 36.4 Å². The van der Waals surface area contributed by atoms with Gasteiger partial charge < -0.3 is 11.1 Å². The summed E-state index contributed by atoms with van der Waals surface area (Å²) in [4.78, 5) is 27.3. The Morgan fingerprint density at radius 1 is 1.00 bits per heavy atom. The van der Waals surface area contributed by atoms with Crippen LogP contribution in [-0.4, -0.2) is 25.9 Å². The minimum Gasteiger partial charge on any atom is -0.397 e. The molecule has 31 heavy (non-hydrogen) atoms. The van der Waals surface area contributed by atoms with Gasteiger partial charge in [-0.25, -0.2) is 9.97 Å². The van der Waals surface area contributed by atoms with Gasteiger partial charge in [0, 0.05) is 31.3 Å². The molecule has 0 spiro atoms.